The quantitative estimate of drug-likeness (QED) is 0.702. The summed E-state index contributed by atoms with van der Waals surface area (Å²) in [6.07, 6.45) is 2.52. The van der Waals surface area contributed by atoms with Gasteiger partial charge in [-0.3, -0.25) is 0 Å². The van der Waals surface area contributed by atoms with Crippen molar-refractivity contribution < 1.29 is 0 Å². The number of anilines is 1. The van der Waals surface area contributed by atoms with Gasteiger partial charge in [0.1, 0.15) is 0 Å². The third-order valence-electron chi connectivity index (χ3n) is 2.26. The maximum absolute atomic E-state index is 3.50. The van der Waals surface area contributed by atoms with Crippen LogP contribution in [0.15, 0.2) is 30.3 Å². The minimum absolute atomic E-state index is 1.03. The smallest absolute Gasteiger partial charge is 0.0366 e. The molecule has 2 heteroatoms. The van der Waals surface area contributed by atoms with Gasteiger partial charge in [0, 0.05) is 24.1 Å². The lowest BCUT2D eigenvalue weighted by atomic mass is 10.2. The van der Waals surface area contributed by atoms with Gasteiger partial charge in [0.25, 0.3) is 0 Å². The summed E-state index contributed by atoms with van der Waals surface area (Å²) >= 11 is 3.50. The zero-order chi connectivity index (χ0) is 10.2. The molecule has 0 unspecified atom stereocenters. The van der Waals surface area contributed by atoms with Crippen LogP contribution in [0.2, 0.25) is 0 Å². The second-order valence-corrected chi connectivity index (χ2v) is 4.16. The van der Waals surface area contributed by atoms with Gasteiger partial charge in [0.15, 0.2) is 0 Å². The second kappa shape index (κ2) is 6.88. The average Bonchev–Trinajstić information content (AvgIpc) is 2.25. The molecule has 0 aromatic heterocycles. The standard InChI is InChI=1S/C12H18BrN/c1-2-3-10-14(11-9-13)12-7-5-4-6-8-12/h4-8H,2-3,9-11H2,1H3. The second-order valence-electron chi connectivity index (χ2n) is 3.37. The summed E-state index contributed by atoms with van der Waals surface area (Å²) in [5.74, 6) is 0. The Labute approximate surface area is 95.2 Å². The summed E-state index contributed by atoms with van der Waals surface area (Å²) < 4.78 is 0. The highest BCUT2D eigenvalue weighted by atomic mass is 79.9. The van der Waals surface area contributed by atoms with Crippen molar-refractivity contribution in [1.29, 1.82) is 0 Å². The molecular weight excluding hydrogens is 238 g/mol. The summed E-state index contributed by atoms with van der Waals surface area (Å²) in [6, 6.07) is 10.6. The minimum atomic E-state index is 1.03. The van der Waals surface area contributed by atoms with E-state index < -0.39 is 0 Å². The van der Waals surface area contributed by atoms with Crippen molar-refractivity contribution in [3.05, 3.63) is 30.3 Å². The van der Waals surface area contributed by atoms with E-state index >= 15 is 0 Å². The number of para-hydroxylation sites is 1. The van der Waals surface area contributed by atoms with Crippen LogP contribution in [0.5, 0.6) is 0 Å². The zero-order valence-corrected chi connectivity index (χ0v) is 10.3. The maximum Gasteiger partial charge on any atom is 0.0366 e. The molecule has 0 aliphatic rings. The molecule has 0 aliphatic carbocycles. The van der Waals surface area contributed by atoms with Gasteiger partial charge < -0.3 is 4.90 Å². The monoisotopic (exact) mass is 255 g/mol. The molecule has 78 valence electrons. The molecule has 0 bridgehead atoms. The first-order chi connectivity index (χ1) is 6.88. The number of halogens is 1. The van der Waals surface area contributed by atoms with Gasteiger partial charge in [-0.1, -0.05) is 47.5 Å². The summed E-state index contributed by atoms with van der Waals surface area (Å²) in [7, 11) is 0. The molecule has 0 saturated heterocycles. The van der Waals surface area contributed by atoms with E-state index in [1.807, 2.05) is 0 Å². The van der Waals surface area contributed by atoms with Crippen LogP contribution in [0.3, 0.4) is 0 Å². The zero-order valence-electron chi connectivity index (χ0n) is 8.75. The van der Waals surface area contributed by atoms with Crippen molar-refractivity contribution in [3.63, 3.8) is 0 Å². The molecule has 0 spiro atoms. The molecule has 1 aromatic rings. The molecule has 0 aliphatic heterocycles. The highest BCUT2D eigenvalue weighted by Crippen LogP contribution is 2.13. The summed E-state index contributed by atoms with van der Waals surface area (Å²) in [6.45, 7) is 4.48. The number of unbranched alkanes of at least 4 members (excludes halogenated alkanes) is 1. The Balaban J connectivity index is 2.58. The molecular formula is C12H18BrN. The molecule has 0 fully saturated rings. The lowest BCUT2D eigenvalue weighted by Crippen LogP contribution is -2.26. The van der Waals surface area contributed by atoms with Crippen LogP contribution < -0.4 is 4.90 Å². The van der Waals surface area contributed by atoms with Crippen LogP contribution >= 0.6 is 15.9 Å². The Morgan fingerprint density at radius 3 is 2.43 bits per heavy atom. The molecule has 1 nitrogen and oxygen atoms in total. The fraction of sp³-hybridized carbons (Fsp3) is 0.500. The van der Waals surface area contributed by atoms with Gasteiger partial charge in [-0.05, 0) is 18.6 Å². The van der Waals surface area contributed by atoms with Gasteiger partial charge in [0.05, 0.1) is 0 Å². The van der Waals surface area contributed by atoms with E-state index in [1.165, 1.54) is 18.5 Å². The number of hydrogen-bond acceptors (Lipinski definition) is 1. The minimum Gasteiger partial charge on any atom is -0.371 e. The maximum atomic E-state index is 3.50. The molecule has 14 heavy (non-hydrogen) atoms. The Morgan fingerprint density at radius 2 is 1.86 bits per heavy atom. The SMILES string of the molecule is CCCCN(CCBr)c1ccccc1. The molecule has 0 radical (unpaired) electrons. The average molecular weight is 256 g/mol. The molecule has 0 N–H and O–H groups in total. The van der Waals surface area contributed by atoms with Gasteiger partial charge in [-0.15, -0.1) is 0 Å². The van der Waals surface area contributed by atoms with Crippen molar-refractivity contribution >= 4 is 21.6 Å². The van der Waals surface area contributed by atoms with Crippen molar-refractivity contribution in [2.75, 3.05) is 23.3 Å². The van der Waals surface area contributed by atoms with E-state index in [0.717, 1.165) is 18.4 Å². The van der Waals surface area contributed by atoms with Crippen LogP contribution in [0.25, 0.3) is 0 Å². The number of hydrogen-bond donors (Lipinski definition) is 0. The fourth-order valence-corrected chi connectivity index (χ4v) is 1.89. The largest absolute Gasteiger partial charge is 0.371 e. The van der Waals surface area contributed by atoms with Gasteiger partial charge in [0.2, 0.25) is 0 Å². The Bertz CT molecular complexity index is 235. The molecule has 0 heterocycles. The number of nitrogens with zero attached hydrogens (tertiary/aromatic N) is 1. The number of alkyl halides is 1. The first-order valence-corrected chi connectivity index (χ1v) is 6.36. The van der Waals surface area contributed by atoms with E-state index in [1.54, 1.807) is 0 Å². The van der Waals surface area contributed by atoms with Crippen molar-refractivity contribution in [2.24, 2.45) is 0 Å². The highest BCUT2D eigenvalue weighted by molar-refractivity contribution is 9.09. The van der Waals surface area contributed by atoms with E-state index in [2.05, 4.69) is 58.1 Å². The van der Waals surface area contributed by atoms with E-state index in [-0.39, 0.29) is 0 Å². The molecule has 1 aromatic carbocycles. The lowest BCUT2D eigenvalue weighted by molar-refractivity contribution is 0.735. The summed E-state index contributed by atoms with van der Waals surface area (Å²) in [5.41, 5.74) is 1.33. The first-order valence-electron chi connectivity index (χ1n) is 5.24. The Kier molecular flexibility index (Phi) is 5.69. The van der Waals surface area contributed by atoms with Crippen molar-refractivity contribution in [2.45, 2.75) is 19.8 Å². The number of benzene rings is 1. The predicted octanol–water partition coefficient (Wildman–Crippen LogP) is 3.69. The van der Waals surface area contributed by atoms with Gasteiger partial charge in [-0.2, -0.15) is 0 Å². The normalized spacial score (nSPS) is 10.1. The predicted molar refractivity (Wildman–Crippen MR) is 67.4 cm³/mol. The Morgan fingerprint density at radius 1 is 1.14 bits per heavy atom. The summed E-state index contributed by atoms with van der Waals surface area (Å²) in [5, 5.41) is 1.03. The van der Waals surface area contributed by atoms with Crippen molar-refractivity contribution in [1.82, 2.24) is 0 Å². The van der Waals surface area contributed by atoms with E-state index in [4.69, 9.17) is 0 Å². The van der Waals surface area contributed by atoms with Crippen molar-refractivity contribution in [3.8, 4) is 0 Å². The molecule has 1 rings (SSSR count). The van der Waals surface area contributed by atoms with Crippen LogP contribution in [0.4, 0.5) is 5.69 Å². The number of rotatable bonds is 6. The highest BCUT2D eigenvalue weighted by Gasteiger charge is 2.03. The van der Waals surface area contributed by atoms with Crippen LogP contribution in [-0.2, 0) is 0 Å². The van der Waals surface area contributed by atoms with Gasteiger partial charge >= 0.3 is 0 Å². The topological polar surface area (TPSA) is 3.24 Å². The first kappa shape index (κ1) is 11.6. The Hall–Kier alpha value is -0.500. The fourth-order valence-electron chi connectivity index (χ4n) is 1.46. The van der Waals surface area contributed by atoms with E-state index in [0.29, 0.717) is 0 Å². The van der Waals surface area contributed by atoms with Crippen LogP contribution in [0, 0.1) is 0 Å². The van der Waals surface area contributed by atoms with E-state index in [9.17, 15) is 0 Å². The summed E-state index contributed by atoms with van der Waals surface area (Å²) in [4.78, 5) is 2.43. The van der Waals surface area contributed by atoms with Crippen LogP contribution in [0.1, 0.15) is 19.8 Å². The third kappa shape index (κ3) is 3.70. The molecule has 0 atom stereocenters. The van der Waals surface area contributed by atoms with Crippen LogP contribution in [-0.4, -0.2) is 18.4 Å². The molecule has 0 amide bonds. The van der Waals surface area contributed by atoms with Gasteiger partial charge in [-0.25, -0.2) is 0 Å². The lowest BCUT2D eigenvalue weighted by Gasteiger charge is -2.23. The third-order valence-corrected chi connectivity index (χ3v) is 2.61. The molecule has 0 saturated carbocycles.